The van der Waals surface area contributed by atoms with Crippen molar-refractivity contribution in [2.24, 2.45) is 16.2 Å². The number of hydrogen-bond donors (Lipinski definition) is 1. The van der Waals surface area contributed by atoms with Gasteiger partial charge in [-0.1, -0.05) is 58.2 Å². The number of fused-ring (bicyclic) bond motifs is 4. The summed E-state index contributed by atoms with van der Waals surface area (Å²) >= 11 is 0. The average molecular weight is 1790 g/mol. The van der Waals surface area contributed by atoms with Gasteiger partial charge in [0, 0.05) is 83.5 Å². The molecule has 0 bridgehead atoms. The van der Waals surface area contributed by atoms with E-state index in [1.54, 1.807) is 55.5 Å². The Morgan fingerprint density at radius 2 is 0.802 bits per heavy atom. The molecule has 10 aromatic rings. The molecular formula is C97H115N11O14S4. The lowest BCUT2D eigenvalue weighted by Crippen LogP contribution is -2.63. The summed E-state index contributed by atoms with van der Waals surface area (Å²) in [5.74, 6) is 2.25. The molecule has 5 fully saturated rings. The van der Waals surface area contributed by atoms with Crippen LogP contribution in [0, 0.1) is 50.9 Å². The summed E-state index contributed by atoms with van der Waals surface area (Å²) in [6.07, 6.45) is 11.4. The number of hydrogen-bond acceptors (Lipinski definition) is 20. The number of nitrogens with one attached hydrogen (secondary N) is 1. The minimum atomic E-state index is -3.08. The molecule has 1 amide bonds. The average Bonchev–Trinajstić information content (AvgIpc) is 1.51. The molecule has 0 radical (unpaired) electrons. The molecule has 6 aromatic carbocycles. The Labute approximate surface area is 739 Å². The number of ketones is 3. The summed E-state index contributed by atoms with van der Waals surface area (Å²) in [5.41, 5.74) is 16.2. The van der Waals surface area contributed by atoms with Gasteiger partial charge in [-0.05, 0) is 270 Å². The van der Waals surface area contributed by atoms with Crippen molar-refractivity contribution in [2.45, 2.75) is 198 Å². The monoisotopic (exact) mass is 1790 g/mol. The fraction of sp³-hybridized carbons (Fsp3) is 0.423. The van der Waals surface area contributed by atoms with E-state index in [2.05, 4.69) is 87.9 Å². The van der Waals surface area contributed by atoms with Crippen LogP contribution in [0.1, 0.15) is 221 Å². The second-order valence-corrected chi connectivity index (χ2v) is 47.0. The predicted molar refractivity (Wildman–Crippen MR) is 502 cm³/mol. The molecule has 0 spiro atoms. The SMILES string of the molecule is C=C1N(c2cncc(C)c2)c2ccc(C(=O)CC3(C)CS(=O)(=O)C3)cc2N1C(C)C.C=C1N(c2cncc(C3CC3)c2)c2ccc(C(=O)NC3(C)CS(=O)(=O)C3)cc2N1C(C)C.Cc1ccc(C)c(-n2c(=O)n(C(C)C)c3cc(C(=O)C[C@@]4(C)CCS(=O)(=O)C4)ccc32)c1.Cc1ccc(C)c(-n2c(=O)n(C(C)C)c3cc(C(=O)C[C@]4(C)CCS(=O)(=O)C4)ccc32)c1. The number of anilines is 6. The topological polar surface area (TPSA) is 309 Å². The van der Waals surface area contributed by atoms with E-state index in [4.69, 9.17) is 0 Å². The van der Waals surface area contributed by atoms with Crippen LogP contribution in [-0.4, -0.2) is 149 Å². The Balaban J connectivity index is 0.000000136. The summed E-state index contributed by atoms with van der Waals surface area (Å²) in [6.45, 7) is 42.1. The summed E-state index contributed by atoms with van der Waals surface area (Å²) in [4.78, 5) is 96.2. The number of carbonyl (C=O) groups is 4. The van der Waals surface area contributed by atoms with Crippen molar-refractivity contribution in [1.82, 2.24) is 33.6 Å². The molecular weight excluding hydrogens is 1670 g/mol. The van der Waals surface area contributed by atoms with Crippen molar-refractivity contribution in [3.63, 3.8) is 0 Å². The number of aryl methyl sites for hydroxylation is 5. The Morgan fingerprint density at radius 1 is 0.413 bits per heavy atom. The number of amides is 1. The highest BCUT2D eigenvalue weighted by Gasteiger charge is 2.49. The highest BCUT2D eigenvalue weighted by atomic mass is 32.2. The molecule has 6 aliphatic heterocycles. The highest BCUT2D eigenvalue weighted by Crippen LogP contribution is 2.51. The number of benzene rings is 6. The quantitative estimate of drug-likeness (QED) is 0.0693. The van der Waals surface area contributed by atoms with Crippen LogP contribution in [0.25, 0.3) is 33.4 Å². The van der Waals surface area contributed by atoms with Crippen LogP contribution < -0.4 is 36.3 Å². The van der Waals surface area contributed by atoms with Crippen LogP contribution in [0.15, 0.2) is 181 Å². The van der Waals surface area contributed by atoms with Crippen LogP contribution >= 0.6 is 0 Å². The van der Waals surface area contributed by atoms with Gasteiger partial charge in [0.2, 0.25) is 0 Å². The zero-order chi connectivity index (χ0) is 91.5. The van der Waals surface area contributed by atoms with E-state index in [1.165, 1.54) is 18.4 Å². The van der Waals surface area contributed by atoms with Gasteiger partial charge in [0.25, 0.3) is 5.91 Å². The van der Waals surface area contributed by atoms with E-state index >= 15 is 0 Å². The van der Waals surface area contributed by atoms with Crippen LogP contribution in [0.5, 0.6) is 0 Å². The number of imidazole rings is 2. The molecule has 29 heteroatoms. The van der Waals surface area contributed by atoms with E-state index in [9.17, 15) is 62.4 Å². The van der Waals surface area contributed by atoms with Gasteiger partial charge in [0.15, 0.2) is 56.7 Å². The number of rotatable bonds is 20. The third kappa shape index (κ3) is 18.7. The molecule has 1 aliphatic carbocycles. The number of sulfone groups is 4. The molecule has 25 nitrogen and oxygen atoms in total. The Bertz CT molecular complexity index is 6550. The van der Waals surface area contributed by atoms with E-state index < -0.39 is 61.1 Å². The lowest BCUT2D eigenvalue weighted by atomic mass is 9.83. The first-order valence-electron chi connectivity index (χ1n) is 43.0. The molecule has 4 saturated heterocycles. The third-order valence-electron chi connectivity index (χ3n) is 25.0. The smallest absolute Gasteiger partial charge is 0.333 e. The second kappa shape index (κ2) is 33.7. The van der Waals surface area contributed by atoms with Crippen LogP contribution in [0.3, 0.4) is 0 Å². The summed E-state index contributed by atoms with van der Waals surface area (Å²) in [6, 6.07) is 38.4. The van der Waals surface area contributed by atoms with Crippen LogP contribution in [-0.2, 0) is 39.3 Å². The van der Waals surface area contributed by atoms with Gasteiger partial charge < -0.3 is 15.1 Å². The summed E-state index contributed by atoms with van der Waals surface area (Å²) in [5, 5.41) is 2.90. The van der Waals surface area contributed by atoms with Crippen molar-refractivity contribution < 1.29 is 52.8 Å². The number of aromatic nitrogens is 6. The molecule has 0 unspecified atom stereocenters. The van der Waals surface area contributed by atoms with E-state index in [1.807, 2.05) is 187 Å². The second-order valence-electron chi connectivity index (χ2n) is 38.5. The van der Waals surface area contributed by atoms with E-state index in [-0.39, 0.29) is 124 Å². The fourth-order valence-electron chi connectivity index (χ4n) is 19.0. The highest BCUT2D eigenvalue weighted by molar-refractivity contribution is 7.93. The zero-order valence-electron chi connectivity index (χ0n) is 75.1. The largest absolute Gasteiger partial charge is 0.345 e. The van der Waals surface area contributed by atoms with Crippen molar-refractivity contribution in [1.29, 1.82) is 0 Å². The first kappa shape index (κ1) is 91.3. The lowest BCUT2D eigenvalue weighted by molar-refractivity contribution is 0.0910. The molecule has 17 rings (SSSR count). The molecule has 1 saturated carbocycles. The Morgan fingerprint density at radius 3 is 1.20 bits per heavy atom. The van der Waals surface area contributed by atoms with Crippen molar-refractivity contribution in [3.8, 4) is 11.4 Å². The number of Topliss-reactive ketones (excluding diaryl/α,β-unsaturated/α-hetero) is 3. The third-order valence-corrected chi connectivity index (χ3v) is 33.4. The molecule has 1 N–H and O–H groups in total. The maximum absolute atomic E-state index is 13.5. The van der Waals surface area contributed by atoms with E-state index in [0.29, 0.717) is 52.0 Å². The fourth-order valence-corrected chi connectivity index (χ4v) is 27.8. The summed E-state index contributed by atoms with van der Waals surface area (Å²) in [7, 11) is -12.2. The minimum Gasteiger partial charge on any atom is -0.345 e. The number of pyridine rings is 2. The molecule has 666 valence electrons. The van der Waals surface area contributed by atoms with Gasteiger partial charge in [0.1, 0.15) is 11.6 Å². The minimum absolute atomic E-state index is 0.0241. The molecule has 10 heterocycles. The van der Waals surface area contributed by atoms with Crippen LogP contribution in [0.2, 0.25) is 0 Å². The number of carbonyl (C=O) groups excluding carboxylic acids is 4. The molecule has 7 aliphatic rings. The maximum Gasteiger partial charge on any atom is 0.333 e. The normalized spacial score (nSPS) is 20.1. The van der Waals surface area contributed by atoms with Gasteiger partial charge >= 0.3 is 11.4 Å². The van der Waals surface area contributed by atoms with Gasteiger partial charge in [-0.25, -0.2) is 43.3 Å². The molecule has 126 heavy (non-hydrogen) atoms. The van der Waals surface area contributed by atoms with Crippen molar-refractivity contribution in [3.05, 3.63) is 248 Å². The molecule has 2 atom stereocenters. The lowest BCUT2D eigenvalue weighted by Gasteiger charge is -2.38. The predicted octanol–water partition coefficient (Wildman–Crippen LogP) is 16.7. The summed E-state index contributed by atoms with van der Waals surface area (Å²) < 4.78 is 101. The van der Waals surface area contributed by atoms with Gasteiger partial charge in [-0.3, -0.25) is 57.2 Å². The maximum atomic E-state index is 13.5. The Hall–Kier alpha value is -10.9. The van der Waals surface area contributed by atoms with Crippen molar-refractivity contribution >= 4 is 119 Å². The molecule has 4 aromatic heterocycles. The van der Waals surface area contributed by atoms with E-state index in [0.717, 1.165) is 96.0 Å². The first-order valence-corrected chi connectivity index (χ1v) is 50.3. The van der Waals surface area contributed by atoms with Gasteiger partial charge in [-0.2, -0.15) is 0 Å². The van der Waals surface area contributed by atoms with Crippen LogP contribution in [0.4, 0.5) is 34.1 Å². The van der Waals surface area contributed by atoms with Gasteiger partial charge in [-0.15, -0.1) is 0 Å². The standard InChI is InChI=1S/2C25H30N2O4S.C24H28N4O3S.C23H27N3O3S/c2*1-16(2)26-22-13-19(23(28)14-25(5)10-11-32(30,31)15-25)8-9-20(22)27(24(26)29)21-12-17(3)6-7-18(21)4;1-15(2)27-16(3)28(20-9-19(11-25-12-20)17-5-6-17)21-8-7-18(10-22(21)27)23(29)26-24(4)13-32(30,31)14-24;1-15(2)25-17(4)26(19-8-16(3)11-24-12-19)20-7-6-18(9-21(20)25)22(27)10-23(5)13-30(28,29)14-23/h2*6-9,12-13,16H,10-11,14-15H2,1-5H3;7-12,15,17H,3,5-6,13-14H2,1-2,4H3,(H,26,29);6-9,11-12,15H,4,10,13-14H2,1-3,5H3/t2*25-;;/m10../s1. The number of nitrogens with zero attached hydrogens (tertiary/aromatic N) is 10. The zero-order valence-corrected chi connectivity index (χ0v) is 78.4. The van der Waals surface area contributed by atoms with Gasteiger partial charge in [0.05, 0.1) is 132 Å². The first-order chi connectivity index (χ1) is 58.9. The van der Waals surface area contributed by atoms with Crippen molar-refractivity contribution in [2.75, 3.05) is 65.6 Å². The Kier molecular flexibility index (Phi) is 24.4.